The highest BCUT2D eigenvalue weighted by molar-refractivity contribution is 7.98. The highest BCUT2D eigenvalue weighted by Gasteiger charge is 2.28. The maximum atomic E-state index is 12.5. The maximum Gasteiger partial charge on any atom is 0.267 e. The molecule has 2 aromatic heterocycles. The lowest BCUT2D eigenvalue weighted by Gasteiger charge is -2.24. The van der Waals surface area contributed by atoms with E-state index in [4.69, 9.17) is 14.5 Å². The molecule has 0 bridgehead atoms. The molecule has 5 rings (SSSR count). The third-order valence-electron chi connectivity index (χ3n) is 6.02. The third kappa shape index (κ3) is 3.59. The maximum absolute atomic E-state index is 12.5. The Hall–Kier alpha value is -1.60. The molecule has 0 radical (unpaired) electrons. The van der Waals surface area contributed by atoms with Gasteiger partial charge in [-0.3, -0.25) is 9.69 Å². The van der Waals surface area contributed by atoms with Crippen molar-refractivity contribution in [3.05, 3.63) is 45.0 Å². The fraction of sp³-hybridized carbons (Fsp3) is 0.650. The fourth-order valence-corrected chi connectivity index (χ4v) is 5.49. The molecule has 0 saturated carbocycles. The average molecular weight is 387 g/mol. The van der Waals surface area contributed by atoms with Crippen LogP contribution in [0.1, 0.15) is 54.3 Å². The summed E-state index contributed by atoms with van der Waals surface area (Å²) in [5.41, 5.74) is 3.44. The van der Waals surface area contributed by atoms with Gasteiger partial charge in [-0.15, -0.1) is 0 Å². The van der Waals surface area contributed by atoms with Crippen LogP contribution in [-0.2, 0) is 38.1 Å². The summed E-state index contributed by atoms with van der Waals surface area (Å²) >= 11 is 1.88. The largest absolute Gasteiger partial charge is 0.444 e. The minimum Gasteiger partial charge on any atom is -0.444 e. The number of fused-ring (bicyclic) bond motifs is 2. The number of hydrogen-bond acceptors (Lipinski definition) is 6. The molecule has 1 fully saturated rings. The number of nitrogens with zero attached hydrogens (tertiary/aromatic N) is 4. The monoisotopic (exact) mass is 386 g/mol. The van der Waals surface area contributed by atoms with Gasteiger partial charge < -0.3 is 4.42 Å². The van der Waals surface area contributed by atoms with E-state index in [0.29, 0.717) is 12.6 Å². The Labute approximate surface area is 163 Å². The summed E-state index contributed by atoms with van der Waals surface area (Å²) in [6.45, 7) is 2.45. The summed E-state index contributed by atoms with van der Waals surface area (Å²) in [5, 5.41) is 4.70. The molecule has 7 heteroatoms. The normalized spacial score (nSPS) is 22.6. The van der Waals surface area contributed by atoms with Gasteiger partial charge in [-0.05, 0) is 50.0 Å². The molecule has 1 aliphatic carbocycles. The minimum absolute atomic E-state index is 0.0367. The van der Waals surface area contributed by atoms with Gasteiger partial charge in [0.15, 0.2) is 0 Å². The molecule has 0 N–H and O–H groups in total. The van der Waals surface area contributed by atoms with Crippen molar-refractivity contribution in [2.75, 3.05) is 12.3 Å². The van der Waals surface area contributed by atoms with Gasteiger partial charge in [-0.2, -0.15) is 16.9 Å². The van der Waals surface area contributed by atoms with Crippen molar-refractivity contribution in [3.8, 4) is 0 Å². The summed E-state index contributed by atoms with van der Waals surface area (Å²) in [4.78, 5) is 19.7. The lowest BCUT2D eigenvalue weighted by molar-refractivity contribution is 0.196. The van der Waals surface area contributed by atoms with Crippen molar-refractivity contribution in [1.82, 2.24) is 19.7 Å². The molecule has 1 atom stereocenters. The quantitative estimate of drug-likeness (QED) is 0.805. The molecule has 2 aliphatic heterocycles. The van der Waals surface area contributed by atoms with Crippen LogP contribution < -0.4 is 5.56 Å². The summed E-state index contributed by atoms with van der Waals surface area (Å²) < 4.78 is 7.72. The van der Waals surface area contributed by atoms with E-state index in [9.17, 15) is 4.79 Å². The molecule has 6 nitrogen and oxygen atoms in total. The number of oxazole rings is 1. The molecule has 144 valence electrons. The van der Waals surface area contributed by atoms with Gasteiger partial charge in [0.1, 0.15) is 5.76 Å². The van der Waals surface area contributed by atoms with Crippen LogP contribution in [0.25, 0.3) is 0 Å². The van der Waals surface area contributed by atoms with Crippen LogP contribution in [0.4, 0.5) is 0 Å². The Bertz CT molecular complexity index is 867. The van der Waals surface area contributed by atoms with Crippen molar-refractivity contribution in [3.63, 3.8) is 0 Å². The van der Waals surface area contributed by atoms with Crippen molar-refractivity contribution in [2.24, 2.45) is 0 Å². The van der Waals surface area contributed by atoms with Crippen LogP contribution >= 0.6 is 11.8 Å². The standard InChI is InChI=1S/C20H26N4O2S/c25-20-10-14-13-27-9-7-16(14)22-24(20)11-15-4-3-8-23(15)12-19-21-17-5-1-2-6-18(17)26-19/h10,15H,1-9,11-13H2. The predicted molar refractivity (Wildman–Crippen MR) is 105 cm³/mol. The van der Waals surface area contributed by atoms with Gasteiger partial charge in [-0.1, -0.05) is 0 Å². The summed E-state index contributed by atoms with van der Waals surface area (Å²) in [6.07, 6.45) is 7.73. The molecule has 2 aromatic rings. The first-order valence-corrected chi connectivity index (χ1v) is 11.3. The number of aromatic nitrogens is 3. The van der Waals surface area contributed by atoms with E-state index >= 15 is 0 Å². The van der Waals surface area contributed by atoms with Crippen molar-refractivity contribution < 1.29 is 4.42 Å². The number of hydrogen-bond donors (Lipinski definition) is 0. The van der Waals surface area contributed by atoms with E-state index < -0.39 is 0 Å². The first-order valence-electron chi connectivity index (χ1n) is 10.2. The smallest absolute Gasteiger partial charge is 0.267 e. The highest BCUT2D eigenvalue weighted by Crippen LogP contribution is 2.26. The molecular weight excluding hydrogens is 360 g/mol. The summed E-state index contributed by atoms with van der Waals surface area (Å²) in [5.74, 6) is 3.96. The number of likely N-dealkylation sites (tertiary alicyclic amines) is 1. The molecule has 3 aliphatic rings. The van der Waals surface area contributed by atoms with Crippen molar-refractivity contribution in [1.29, 1.82) is 0 Å². The SMILES string of the molecule is O=c1cc2c(nn1CC1CCCN1Cc1nc3c(o1)CCCC3)CCSC2. The molecule has 27 heavy (non-hydrogen) atoms. The van der Waals surface area contributed by atoms with Gasteiger partial charge in [0, 0.05) is 30.7 Å². The molecule has 0 aromatic carbocycles. The topological polar surface area (TPSA) is 64.2 Å². The van der Waals surface area contributed by atoms with Crippen molar-refractivity contribution >= 4 is 11.8 Å². The Balaban J connectivity index is 1.31. The van der Waals surface area contributed by atoms with E-state index in [-0.39, 0.29) is 5.56 Å². The van der Waals surface area contributed by atoms with Crippen molar-refractivity contribution in [2.45, 2.75) is 69.8 Å². The van der Waals surface area contributed by atoms with Crippen LogP contribution in [-0.4, -0.2) is 38.0 Å². The van der Waals surface area contributed by atoms with Crippen LogP contribution in [0.2, 0.25) is 0 Å². The van der Waals surface area contributed by atoms with Crippen LogP contribution in [0, 0.1) is 0 Å². The first kappa shape index (κ1) is 17.5. The Morgan fingerprint density at radius 3 is 3.04 bits per heavy atom. The van der Waals surface area contributed by atoms with E-state index in [0.717, 1.165) is 85.3 Å². The van der Waals surface area contributed by atoms with E-state index in [1.54, 1.807) is 10.7 Å². The minimum atomic E-state index is 0.0367. The summed E-state index contributed by atoms with van der Waals surface area (Å²) in [7, 11) is 0. The van der Waals surface area contributed by atoms with Gasteiger partial charge in [0.25, 0.3) is 5.56 Å². The highest BCUT2D eigenvalue weighted by atomic mass is 32.2. The number of rotatable bonds is 4. The van der Waals surface area contributed by atoms with Gasteiger partial charge in [0.2, 0.25) is 5.89 Å². The predicted octanol–water partition coefficient (Wildman–Crippen LogP) is 2.56. The fourth-order valence-electron chi connectivity index (χ4n) is 4.54. The van der Waals surface area contributed by atoms with Crippen LogP contribution in [0.3, 0.4) is 0 Å². The van der Waals surface area contributed by atoms with Crippen LogP contribution in [0.5, 0.6) is 0 Å². The Morgan fingerprint density at radius 1 is 1.19 bits per heavy atom. The molecule has 1 saturated heterocycles. The van der Waals surface area contributed by atoms with Gasteiger partial charge in [-0.25, -0.2) is 9.67 Å². The number of aryl methyl sites for hydroxylation is 3. The first-order chi connectivity index (χ1) is 13.3. The zero-order chi connectivity index (χ0) is 18.2. The Kier molecular flexibility index (Phi) is 4.82. The average Bonchev–Trinajstić information content (AvgIpc) is 3.29. The zero-order valence-electron chi connectivity index (χ0n) is 15.7. The lowest BCUT2D eigenvalue weighted by Crippen LogP contribution is -2.37. The molecular formula is C20H26N4O2S. The van der Waals surface area contributed by atoms with E-state index in [1.807, 2.05) is 11.8 Å². The second kappa shape index (κ2) is 7.43. The van der Waals surface area contributed by atoms with Gasteiger partial charge >= 0.3 is 0 Å². The second-order valence-electron chi connectivity index (χ2n) is 7.89. The molecule has 1 unspecified atom stereocenters. The van der Waals surface area contributed by atoms with E-state index in [2.05, 4.69) is 4.90 Å². The third-order valence-corrected chi connectivity index (χ3v) is 7.02. The molecule has 0 spiro atoms. The zero-order valence-corrected chi connectivity index (χ0v) is 16.5. The molecule has 0 amide bonds. The molecule has 4 heterocycles. The number of thioether (sulfide) groups is 1. The van der Waals surface area contributed by atoms with Crippen LogP contribution in [0.15, 0.2) is 15.3 Å². The second-order valence-corrected chi connectivity index (χ2v) is 9.00. The Morgan fingerprint density at radius 2 is 2.11 bits per heavy atom. The lowest BCUT2D eigenvalue weighted by atomic mass is 10.0. The van der Waals surface area contributed by atoms with Gasteiger partial charge in [0.05, 0.1) is 24.5 Å². The van der Waals surface area contributed by atoms with E-state index in [1.165, 1.54) is 12.8 Å². The summed E-state index contributed by atoms with van der Waals surface area (Å²) in [6, 6.07) is 2.13.